The number of phenols is 1. The Kier molecular flexibility index (Phi) is 5.81. The third-order valence-electron chi connectivity index (χ3n) is 5.90. The SMILES string of the molecule is COc1cc([C@@H]2[C@H]3C(=O)N(c4ccc(Cl)c(Cl)c4)C(=O)[C@@H]3ON2c2ccc(Cl)cc2)ccc1O. The zero-order valence-electron chi connectivity index (χ0n) is 17.6. The Morgan fingerprint density at radius 1 is 0.882 bits per heavy atom. The number of phenolic OH excluding ortho intramolecular Hbond substituents is 1. The maximum absolute atomic E-state index is 13.7. The molecular weight excluding hydrogens is 503 g/mol. The van der Waals surface area contributed by atoms with Crippen molar-refractivity contribution in [2.75, 3.05) is 17.1 Å². The molecule has 0 bridgehead atoms. The van der Waals surface area contributed by atoms with Crippen LogP contribution in [0.4, 0.5) is 11.4 Å². The molecule has 0 saturated carbocycles. The number of imide groups is 1. The maximum atomic E-state index is 13.7. The molecule has 2 fully saturated rings. The molecule has 7 nitrogen and oxygen atoms in total. The van der Waals surface area contributed by atoms with Crippen LogP contribution in [0.2, 0.25) is 15.1 Å². The number of hydrogen-bond donors (Lipinski definition) is 1. The molecule has 34 heavy (non-hydrogen) atoms. The number of methoxy groups -OCH3 is 1. The molecule has 1 N–H and O–H groups in total. The Labute approximate surface area is 209 Å². The normalized spacial score (nSPS) is 21.8. The molecule has 10 heteroatoms. The number of amides is 2. The first-order chi connectivity index (χ1) is 16.3. The van der Waals surface area contributed by atoms with Gasteiger partial charge in [0.05, 0.1) is 34.6 Å². The van der Waals surface area contributed by atoms with Crippen LogP contribution >= 0.6 is 34.8 Å². The number of anilines is 2. The molecule has 2 saturated heterocycles. The second-order valence-electron chi connectivity index (χ2n) is 7.84. The fourth-order valence-electron chi connectivity index (χ4n) is 4.32. The lowest BCUT2D eigenvalue weighted by Gasteiger charge is -2.29. The van der Waals surface area contributed by atoms with Crippen LogP contribution in [0, 0.1) is 5.92 Å². The van der Waals surface area contributed by atoms with E-state index in [1.165, 1.54) is 30.4 Å². The molecule has 0 radical (unpaired) electrons. The van der Waals surface area contributed by atoms with Crippen molar-refractivity contribution in [3.8, 4) is 11.5 Å². The summed E-state index contributed by atoms with van der Waals surface area (Å²) in [6.07, 6.45) is -1.07. The topological polar surface area (TPSA) is 79.3 Å². The van der Waals surface area contributed by atoms with Gasteiger partial charge in [-0.2, -0.15) is 0 Å². The minimum absolute atomic E-state index is 0.0500. The summed E-state index contributed by atoms with van der Waals surface area (Å²) in [5.74, 6) is -1.64. The van der Waals surface area contributed by atoms with Gasteiger partial charge in [-0.1, -0.05) is 40.9 Å². The zero-order valence-corrected chi connectivity index (χ0v) is 19.9. The smallest absolute Gasteiger partial charge is 0.266 e. The van der Waals surface area contributed by atoms with Crippen LogP contribution in [0.25, 0.3) is 0 Å². The van der Waals surface area contributed by atoms with Gasteiger partial charge in [-0.3, -0.25) is 14.4 Å². The Morgan fingerprint density at radius 3 is 2.26 bits per heavy atom. The lowest BCUT2D eigenvalue weighted by Crippen LogP contribution is -2.37. The molecule has 2 heterocycles. The van der Waals surface area contributed by atoms with Crippen LogP contribution in [0.5, 0.6) is 11.5 Å². The van der Waals surface area contributed by atoms with E-state index in [0.29, 0.717) is 27.0 Å². The number of aromatic hydroxyl groups is 1. The number of rotatable bonds is 4. The first-order valence-corrected chi connectivity index (χ1v) is 11.3. The highest BCUT2D eigenvalue weighted by Crippen LogP contribution is 2.49. The third-order valence-corrected chi connectivity index (χ3v) is 6.89. The van der Waals surface area contributed by atoms with E-state index in [9.17, 15) is 14.7 Å². The highest BCUT2D eigenvalue weighted by molar-refractivity contribution is 6.42. The number of hydroxylamine groups is 1. The molecule has 0 aromatic heterocycles. The van der Waals surface area contributed by atoms with Gasteiger partial charge in [-0.25, -0.2) is 9.96 Å². The van der Waals surface area contributed by atoms with E-state index in [2.05, 4.69) is 0 Å². The summed E-state index contributed by atoms with van der Waals surface area (Å²) < 4.78 is 5.26. The fraction of sp³-hybridized carbons (Fsp3) is 0.167. The molecular formula is C24H17Cl3N2O5. The minimum atomic E-state index is -1.07. The number of hydrogen-bond acceptors (Lipinski definition) is 6. The molecule has 2 aliphatic heterocycles. The number of benzene rings is 3. The van der Waals surface area contributed by atoms with Crippen molar-refractivity contribution in [3.63, 3.8) is 0 Å². The van der Waals surface area contributed by atoms with Gasteiger partial charge >= 0.3 is 0 Å². The number of ether oxygens (including phenoxy) is 1. The van der Waals surface area contributed by atoms with Crippen molar-refractivity contribution in [2.45, 2.75) is 12.1 Å². The Morgan fingerprint density at radius 2 is 1.59 bits per heavy atom. The van der Waals surface area contributed by atoms with Gasteiger partial charge in [0, 0.05) is 5.02 Å². The molecule has 2 amide bonds. The maximum Gasteiger partial charge on any atom is 0.266 e. The van der Waals surface area contributed by atoms with E-state index < -0.39 is 29.9 Å². The standard InChI is InChI=1S/C24H17Cl3N2O5/c1-33-19-10-12(2-9-18(19)30)21-20-22(34-29(21)14-5-3-13(25)4-6-14)24(32)28(23(20)31)15-7-8-16(26)17(27)11-15/h2-11,20-22,30H,1H3/t20-,21-,22-/m1/s1. The van der Waals surface area contributed by atoms with Gasteiger partial charge in [-0.05, 0) is 60.2 Å². The molecule has 5 rings (SSSR count). The third kappa shape index (κ3) is 3.65. The Balaban J connectivity index is 1.60. The number of fused-ring (bicyclic) bond motifs is 1. The van der Waals surface area contributed by atoms with Gasteiger partial charge in [0.15, 0.2) is 17.6 Å². The van der Waals surface area contributed by atoms with Crippen molar-refractivity contribution in [1.82, 2.24) is 0 Å². The van der Waals surface area contributed by atoms with E-state index >= 15 is 0 Å². The highest BCUT2D eigenvalue weighted by Gasteiger charge is 2.60. The molecule has 3 aromatic carbocycles. The average molecular weight is 520 g/mol. The number of carbonyl (C=O) groups is 2. The van der Waals surface area contributed by atoms with E-state index in [1.807, 2.05) is 0 Å². The summed E-state index contributed by atoms with van der Waals surface area (Å²) in [7, 11) is 1.43. The molecule has 174 valence electrons. The monoisotopic (exact) mass is 518 g/mol. The number of carbonyl (C=O) groups excluding carboxylic acids is 2. The van der Waals surface area contributed by atoms with Crippen molar-refractivity contribution >= 4 is 58.0 Å². The van der Waals surface area contributed by atoms with Crippen LogP contribution in [-0.4, -0.2) is 30.1 Å². The van der Waals surface area contributed by atoms with E-state index in [1.54, 1.807) is 42.5 Å². The van der Waals surface area contributed by atoms with Crippen molar-refractivity contribution < 1.29 is 24.3 Å². The molecule has 3 aromatic rings. The fourth-order valence-corrected chi connectivity index (χ4v) is 4.74. The minimum Gasteiger partial charge on any atom is -0.504 e. The molecule has 3 atom stereocenters. The molecule has 2 aliphatic rings. The number of halogens is 3. The second-order valence-corrected chi connectivity index (χ2v) is 9.09. The van der Waals surface area contributed by atoms with Crippen molar-refractivity contribution in [1.29, 1.82) is 0 Å². The van der Waals surface area contributed by atoms with Crippen LogP contribution in [0.15, 0.2) is 60.7 Å². The van der Waals surface area contributed by atoms with Crippen LogP contribution in [-0.2, 0) is 14.4 Å². The largest absolute Gasteiger partial charge is 0.504 e. The summed E-state index contributed by atoms with van der Waals surface area (Å²) >= 11 is 18.2. The Bertz CT molecular complexity index is 1300. The van der Waals surface area contributed by atoms with Crippen LogP contribution in [0.1, 0.15) is 11.6 Å². The predicted molar refractivity (Wildman–Crippen MR) is 129 cm³/mol. The van der Waals surface area contributed by atoms with Gasteiger partial charge in [0.25, 0.3) is 5.91 Å². The summed E-state index contributed by atoms with van der Waals surface area (Å²) in [4.78, 5) is 34.2. The van der Waals surface area contributed by atoms with Crippen molar-refractivity contribution in [3.05, 3.63) is 81.3 Å². The molecule has 0 spiro atoms. The molecule has 0 unspecified atom stereocenters. The van der Waals surface area contributed by atoms with E-state index in [0.717, 1.165) is 4.90 Å². The average Bonchev–Trinajstić information content (AvgIpc) is 3.33. The Hall–Kier alpha value is -2.97. The first-order valence-electron chi connectivity index (χ1n) is 10.2. The van der Waals surface area contributed by atoms with Crippen molar-refractivity contribution in [2.24, 2.45) is 5.92 Å². The summed E-state index contributed by atoms with van der Waals surface area (Å²) in [5, 5.41) is 12.7. The summed E-state index contributed by atoms with van der Waals surface area (Å²) in [6.45, 7) is 0. The van der Waals surface area contributed by atoms with Gasteiger partial charge in [-0.15, -0.1) is 0 Å². The predicted octanol–water partition coefficient (Wildman–Crippen LogP) is 5.41. The van der Waals surface area contributed by atoms with Crippen LogP contribution < -0.4 is 14.7 Å². The highest BCUT2D eigenvalue weighted by atomic mass is 35.5. The quantitative estimate of drug-likeness (QED) is 0.464. The van der Waals surface area contributed by atoms with Gasteiger partial charge < -0.3 is 9.84 Å². The van der Waals surface area contributed by atoms with E-state index in [-0.39, 0.29) is 16.5 Å². The van der Waals surface area contributed by atoms with Gasteiger partial charge in [0.1, 0.15) is 5.92 Å². The molecule has 0 aliphatic carbocycles. The first kappa shape index (κ1) is 22.8. The van der Waals surface area contributed by atoms with Gasteiger partial charge in [0.2, 0.25) is 5.91 Å². The summed E-state index contributed by atoms with van der Waals surface area (Å²) in [6, 6.07) is 15.5. The lowest BCUT2D eigenvalue weighted by atomic mass is 9.90. The zero-order chi connectivity index (χ0) is 24.1. The summed E-state index contributed by atoms with van der Waals surface area (Å²) in [5.41, 5.74) is 1.54. The number of nitrogens with zero attached hydrogens (tertiary/aromatic N) is 2. The van der Waals surface area contributed by atoms with Crippen LogP contribution in [0.3, 0.4) is 0 Å². The lowest BCUT2D eigenvalue weighted by molar-refractivity contribution is -0.126. The second kappa shape index (κ2) is 8.67. The van der Waals surface area contributed by atoms with E-state index in [4.69, 9.17) is 44.4 Å².